The van der Waals surface area contributed by atoms with Crippen LogP contribution in [0.3, 0.4) is 0 Å². The topological polar surface area (TPSA) is 102 Å². The van der Waals surface area contributed by atoms with Crippen LogP contribution in [0.5, 0.6) is 0 Å². The summed E-state index contributed by atoms with van der Waals surface area (Å²) in [5.41, 5.74) is 2.97. The number of likely N-dealkylation sites (N-methyl/N-ethyl adjacent to an activating group) is 1. The Hall–Kier alpha value is -2.65. The van der Waals surface area contributed by atoms with Crippen LogP contribution in [0, 0.1) is 5.92 Å². The molecule has 9 nitrogen and oxygen atoms in total. The summed E-state index contributed by atoms with van der Waals surface area (Å²) in [5.74, 6) is -1.17. The lowest BCUT2D eigenvalue weighted by Gasteiger charge is -2.43. The predicted molar refractivity (Wildman–Crippen MR) is 113 cm³/mol. The Morgan fingerprint density at radius 2 is 1.77 bits per heavy atom. The molecule has 2 fully saturated rings. The summed E-state index contributed by atoms with van der Waals surface area (Å²) in [6, 6.07) is 9.58. The monoisotopic (exact) mass is 432 g/mol. The van der Waals surface area contributed by atoms with Gasteiger partial charge in [-0.2, -0.15) is 0 Å². The minimum absolute atomic E-state index is 0.125. The third-order valence-electron chi connectivity index (χ3n) is 6.27. The largest absolute Gasteiger partial charge is 0.445 e. The Balaban J connectivity index is 1.67. The molecule has 2 saturated heterocycles. The predicted octanol–water partition coefficient (Wildman–Crippen LogP) is 1.29. The summed E-state index contributed by atoms with van der Waals surface area (Å²) in [6.45, 7) is 1.58. The lowest BCUT2D eigenvalue weighted by Crippen LogP contribution is -2.61. The molecule has 9 heteroatoms. The van der Waals surface area contributed by atoms with Crippen molar-refractivity contribution in [3.05, 3.63) is 35.9 Å². The summed E-state index contributed by atoms with van der Waals surface area (Å²) >= 11 is 0. The van der Waals surface area contributed by atoms with E-state index in [0.717, 1.165) is 12.8 Å². The standard InChI is InChI=1S/C22H32N4O5/c1-24(2)22(29)31-17-13-18(20(27)23-30)19(25(3)14-17)21(28)26-11-9-16(10-12-26)15-7-5-4-6-8-15/h4-8,16-19,30H,9-14H2,1-3H3,(H,23,27)/t17?,18?,19-/m0/s1. The van der Waals surface area contributed by atoms with E-state index >= 15 is 0 Å². The van der Waals surface area contributed by atoms with Crippen LogP contribution in [0.1, 0.15) is 30.7 Å². The molecule has 2 N–H and O–H groups in total. The van der Waals surface area contributed by atoms with E-state index in [0.29, 0.717) is 25.6 Å². The molecule has 1 aromatic carbocycles. The van der Waals surface area contributed by atoms with Gasteiger partial charge in [0.15, 0.2) is 0 Å². The van der Waals surface area contributed by atoms with Crippen molar-refractivity contribution in [2.75, 3.05) is 40.8 Å². The fourth-order valence-electron chi connectivity index (χ4n) is 4.60. The number of carbonyl (C=O) groups excluding carboxylic acids is 3. The van der Waals surface area contributed by atoms with Gasteiger partial charge in [-0.25, -0.2) is 10.3 Å². The zero-order valence-electron chi connectivity index (χ0n) is 18.4. The van der Waals surface area contributed by atoms with Crippen LogP contribution in [0.25, 0.3) is 0 Å². The number of piperidine rings is 2. The van der Waals surface area contributed by atoms with Crippen molar-refractivity contribution in [2.24, 2.45) is 5.92 Å². The van der Waals surface area contributed by atoms with Crippen molar-refractivity contribution in [2.45, 2.75) is 37.3 Å². The molecule has 1 aromatic rings. The maximum atomic E-state index is 13.4. The van der Waals surface area contributed by atoms with Gasteiger partial charge >= 0.3 is 6.09 Å². The Morgan fingerprint density at radius 3 is 2.35 bits per heavy atom. The first kappa shape index (κ1) is 23.0. The maximum Gasteiger partial charge on any atom is 0.409 e. The Kier molecular flexibility index (Phi) is 7.50. The molecule has 3 amide bonds. The van der Waals surface area contributed by atoms with E-state index in [2.05, 4.69) is 12.1 Å². The molecule has 170 valence electrons. The van der Waals surface area contributed by atoms with E-state index in [9.17, 15) is 19.6 Å². The van der Waals surface area contributed by atoms with Gasteiger partial charge in [0.05, 0.1) is 5.92 Å². The zero-order chi connectivity index (χ0) is 22.5. The molecule has 0 spiro atoms. The number of amides is 3. The fourth-order valence-corrected chi connectivity index (χ4v) is 4.60. The first-order chi connectivity index (χ1) is 14.8. The third-order valence-corrected chi connectivity index (χ3v) is 6.27. The van der Waals surface area contributed by atoms with Gasteiger partial charge in [-0.15, -0.1) is 0 Å². The van der Waals surface area contributed by atoms with Crippen molar-refractivity contribution < 1.29 is 24.3 Å². The van der Waals surface area contributed by atoms with Gasteiger partial charge in [0.1, 0.15) is 12.1 Å². The lowest BCUT2D eigenvalue weighted by atomic mass is 9.85. The molecular formula is C22H32N4O5. The van der Waals surface area contributed by atoms with E-state index in [-0.39, 0.29) is 12.3 Å². The number of hydrogen-bond acceptors (Lipinski definition) is 6. The highest BCUT2D eigenvalue weighted by Gasteiger charge is 2.45. The number of hydrogen-bond donors (Lipinski definition) is 2. The summed E-state index contributed by atoms with van der Waals surface area (Å²) < 4.78 is 5.44. The molecule has 3 atom stereocenters. The SMILES string of the molecule is CN(C)C(=O)OC1CC(C(=O)NO)[C@@H](C(=O)N2CCC(c3ccccc3)CC2)N(C)C1. The number of nitrogens with zero attached hydrogens (tertiary/aromatic N) is 3. The smallest absolute Gasteiger partial charge is 0.409 e. The van der Waals surface area contributed by atoms with Gasteiger partial charge in [0.2, 0.25) is 11.8 Å². The van der Waals surface area contributed by atoms with Crippen LogP contribution in [-0.2, 0) is 14.3 Å². The second-order valence-electron chi connectivity index (χ2n) is 8.61. The molecule has 0 saturated carbocycles. The first-order valence-corrected chi connectivity index (χ1v) is 10.7. The average Bonchev–Trinajstić information content (AvgIpc) is 2.78. The van der Waals surface area contributed by atoms with Gasteiger partial charge in [0, 0.05) is 33.7 Å². The first-order valence-electron chi connectivity index (χ1n) is 10.7. The summed E-state index contributed by atoms with van der Waals surface area (Å²) in [5, 5.41) is 9.24. The number of carbonyl (C=O) groups is 3. The van der Waals surface area contributed by atoms with Crippen molar-refractivity contribution in [1.29, 1.82) is 0 Å². The quantitative estimate of drug-likeness (QED) is 0.549. The average molecular weight is 433 g/mol. The lowest BCUT2D eigenvalue weighted by molar-refractivity contribution is -0.152. The number of nitrogens with one attached hydrogen (secondary N) is 1. The summed E-state index contributed by atoms with van der Waals surface area (Å²) in [6.07, 6.45) is 0.857. The summed E-state index contributed by atoms with van der Waals surface area (Å²) in [4.78, 5) is 42.6. The molecule has 31 heavy (non-hydrogen) atoms. The molecular weight excluding hydrogens is 400 g/mol. The number of rotatable bonds is 4. The molecule has 2 aliphatic rings. The van der Waals surface area contributed by atoms with E-state index in [1.165, 1.54) is 10.5 Å². The second kappa shape index (κ2) is 10.1. The Labute approximate surface area is 182 Å². The molecule has 0 aliphatic carbocycles. The minimum Gasteiger partial charge on any atom is -0.445 e. The van der Waals surface area contributed by atoms with Gasteiger partial charge in [-0.3, -0.25) is 19.7 Å². The normalized spacial score (nSPS) is 25.0. The zero-order valence-corrected chi connectivity index (χ0v) is 18.4. The Bertz CT molecular complexity index is 779. The maximum absolute atomic E-state index is 13.4. The highest BCUT2D eigenvalue weighted by atomic mass is 16.6. The number of ether oxygens (including phenoxy) is 1. The molecule has 2 unspecified atom stereocenters. The Morgan fingerprint density at radius 1 is 1.13 bits per heavy atom. The van der Waals surface area contributed by atoms with Crippen LogP contribution < -0.4 is 5.48 Å². The van der Waals surface area contributed by atoms with Crippen molar-refractivity contribution in [1.82, 2.24) is 20.2 Å². The van der Waals surface area contributed by atoms with Crippen LogP contribution in [0.15, 0.2) is 30.3 Å². The van der Waals surface area contributed by atoms with Crippen molar-refractivity contribution in [3.63, 3.8) is 0 Å². The number of likely N-dealkylation sites (tertiary alicyclic amines) is 2. The van der Waals surface area contributed by atoms with E-state index in [1.807, 2.05) is 23.1 Å². The van der Waals surface area contributed by atoms with Gasteiger partial charge in [0.25, 0.3) is 0 Å². The molecule has 3 rings (SSSR count). The van der Waals surface area contributed by atoms with Crippen molar-refractivity contribution in [3.8, 4) is 0 Å². The molecule has 0 radical (unpaired) electrons. The molecule has 0 bridgehead atoms. The van der Waals surface area contributed by atoms with E-state index in [4.69, 9.17) is 4.74 Å². The van der Waals surface area contributed by atoms with E-state index < -0.39 is 30.1 Å². The highest BCUT2D eigenvalue weighted by Crippen LogP contribution is 2.31. The highest BCUT2D eigenvalue weighted by molar-refractivity contribution is 5.90. The minimum atomic E-state index is -0.817. The molecule has 2 aliphatic heterocycles. The van der Waals surface area contributed by atoms with Crippen LogP contribution >= 0.6 is 0 Å². The van der Waals surface area contributed by atoms with Gasteiger partial charge in [-0.1, -0.05) is 30.3 Å². The second-order valence-corrected chi connectivity index (χ2v) is 8.61. The molecule has 0 aromatic heterocycles. The van der Waals surface area contributed by atoms with Gasteiger partial charge in [-0.05, 0) is 37.8 Å². The number of benzene rings is 1. The fraction of sp³-hybridized carbons (Fsp3) is 0.591. The van der Waals surface area contributed by atoms with E-state index in [1.54, 1.807) is 31.5 Å². The molecule has 2 heterocycles. The van der Waals surface area contributed by atoms with Crippen LogP contribution in [0.2, 0.25) is 0 Å². The summed E-state index contributed by atoms with van der Waals surface area (Å²) in [7, 11) is 4.91. The third kappa shape index (κ3) is 5.34. The number of hydroxylamine groups is 1. The van der Waals surface area contributed by atoms with Crippen molar-refractivity contribution >= 4 is 17.9 Å². The van der Waals surface area contributed by atoms with Crippen LogP contribution in [-0.4, -0.2) is 90.7 Å². The van der Waals surface area contributed by atoms with Gasteiger partial charge < -0.3 is 14.5 Å². The van der Waals surface area contributed by atoms with Crippen LogP contribution in [0.4, 0.5) is 4.79 Å².